The number of hydrogen-bond donors (Lipinski definition) is 2. The van der Waals surface area contributed by atoms with Crippen LogP contribution >= 0.6 is 0 Å². The average molecular weight is 431 g/mol. The van der Waals surface area contributed by atoms with Crippen LogP contribution in [0.2, 0.25) is 0 Å². The fourth-order valence-electron chi connectivity index (χ4n) is 2.76. The largest absolute Gasteiger partial charge is 0.459 e. The van der Waals surface area contributed by atoms with Gasteiger partial charge in [0, 0.05) is 25.8 Å². The van der Waals surface area contributed by atoms with Crippen molar-refractivity contribution < 1.29 is 27.2 Å². The van der Waals surface area contributed by atoms with E-state index in [-0.39, 0.29) is 30.8 Å². The fraction of sp³-hybridized carbons (Fsp3) is 0.182. The van der Waals surface area contributed by atoms with Crippen molar-refractivity contribution in [2.24, 2.45) is 0 Å². The van der Waals surface area contributed by atoms with Crippen LogP contribution < -0.4 is 10.6 Å². The number of anilines is 1. The van der Waals surface area contributed by atoms with Crippen LogP contribution in [0.3, 0.4) is 0 Å². The van der Waals surface area contributed by atoms with Gasteiger partial charge >= 0.3 is 12.2 Å². The van der Waals surface area contributed by atoms with Gasteiger partial charge in [-0.2, -0.15) is 13.2 Å². The Morgan fingerprint density at radius 2 is 1.61 bits per heavy atom. The van der Waals surface area contributed by atoms with E-state index in [2.05, 4.69) is 10.6 Å². The molecule has 0 aliphatic rings. The van der Waals surface area contributed by atoms with Crippen LogP contribution in [0.4, 0.5) is 23.7 Å². The highest BCUT2D eigenvalue weighted by Crippen LogP contribution is 2.29. The second-order valence-electron chi connectivity index (χ2n) is 6.84. The quantitative estimate of drug-likeness (QED) is 0.584. The molecule has 3 rings (SSSR count). The molecule has 3 amide bonds. The predicted molar refractivity (Wildman–Crippen MR) is 108 cm³/mol. The maximum Gasteiger partial charge on any atom is 0.416 e. The summed E-state index contributed by atoms with van der Waals surface area (Å²) in [5.41, 5.74) is 1.25. The van der Waals surface area contributed by atoms with E-state index in [0.29, 0.717) is 11.3 Å². The first kappa shape index (κ1) is 21.9. The number of hydrogen-bond acceptors (Lipinski definition) is 3. The normalized spacial score (nSPS) is 11.1. The number of benzene rings is 2. The van der Waals surface area contributed by atoms with E-state index in [1.165, 1.54) is 23.3 Å². The molecule has 0 fully saturated rings. The summed E-state index contributed by atoms with van der Waals surface area (Å²) in [7, 11) is 1.56. The summed E-state index contributed by atoms with van der Waals surface area (Å²) in [4.78, 5) is 25.6. The van der Waals surface area contributed by atoms with Crippen molar-refractivity contribution in [1.82, 2.24) is 10.2 Å². The molecule has 0 unspecified atom stereocenters. The Kier molecular flexibility index (Phi) is 6.64. The molecule has 3 aromatic rings. The maximum atomic E-state index is 12.6. The third-order valence-electron chi connectivity index (χ3n) is 4.45. The van der Waals surface area contributed by atoms with Gasteiger partial charge in [0.1, 0.15) is 0 Å². The number of rotatable bonds is 6. The number of nitrogens with one attached hydrogen (secondary N) is 2. The third-order valence-corrected chi connectivity index (χ3v) is 4.45. The molecule has 0 spiro atoms. The number of alkyl halides is 3. The minimum atomic E-state index is -4.39. The van der Waals surface area contributed by atoms with Crippen molar-refractivity contribution in [2.75, 3.05) is 12.4 Å². The smallest absolute Gasteiger partial charge is 0.416 e. The Bertz CT molecular complexity index is 1010. The van der Waals surface area contributed by atoms with Gasteiger partial charge in [0.2, 0.25) is 0 Å². The monoisotopic (exact) mass is 431 g/mol. The van der Waals surface area contributed by atoms with E-state index in [1.54, 1.807) is 43.4 Å². The molecule has 9 heteroatoms. The van der Waals surface area contributed by atoms with Gasteiger partial charge in [0.15, 0.2) is 5.76 Å². The van der Waals surface area contributed by atoms with Crippen molar-refractivity contribution in [3.63, 3.8) is 0 Å². The number of carbonyl (C=O) groups excluding carboxylic acids is 2. The Hall–Kier alpha value is -3.75. The number of nitrogens with zero attached hydrogens (tertiary/aromatic N) is 1. The zero-order valence-corrected chi connectivity index (χ0v) is 16.6. The molecule has 162 valence electrons. The molecule has 0 aliphatic heterocycles. The summed E-state index contributed by atoms with van der Waals surface area (Å²) in [6, 6.07) is 14.4. The lowest BCUT2D eigenvalue weighted by atomic mass is 10.1. The summed E-state index contributed by atoms with van der Waals surface area (Å²) in [6.07, 6.45) is -2.98. The highest BCUT2D eigenvalue weighted by Gasteiger charge is 2.30. The Labute approximate surface area is 176 Å². The number of urea groups is 1. The molecule has 2 aromatic carbocycles. The van der Waals surface area contributed by atoms with Crippen LogP contribution in [-0.2, 0) is 19.3 Å². The van der Waals surface area contributed by atoms with Crippen molar-refractivity contribution in [2.45, 2.75) is 19.3 Å². The van der Waals surface area contributed by atoms with Crippen LogP contribution in [0.15, 0.2) is 71.3 Å². The maximum absolute atomic E-state index is 12.6. The Morgan fingerprint density at radius 1 is 0.968 bits per heavy atom. The molecule has 0 atom stereocenters. The first-order valence-electron chi connectivity index (χ1n) is 9.31. The molecule has 1 heterocycles. The Morgan fingerprint density at radius 3 is 2.19 bits per heavy atom. The zero-order valence-electron chi connectivity index (χ0n) is 16.6. The molecule has 0 bridgehead atoms. The molecule has 0 saturated carbocycles. The standard InChI is InChI=1S/C22H20F3N3O3/c1-28(14-16-4-8-17(9-5-16)22(23,24)25)21(30)26-13-15-6-10-18(11-7-15)27-20(29)19-3-2-12-31-19/h2-12H,13-14H2,1H3,(H,26,30)(H,27,29). The lowest BCUT2D eigenvalue weighted by Crippen LogP contribution is -2.36. The Balaban J connectivity index is 1.48. The first-order valence-corrected chi connectivity index (χ1v) is 9.31. The van der Waals surface area contributed by atoms with Crippen molar-refractivity contribution >= 4 is 17.6 Å². The van der Waals surface area contributed by atoms with E-state index in [9.17, 15) is 22.8 Å². The van der Waals surface area contributed by atoms with Gasteiger partial charge < -0.3 is 20.0 Å². The molecule has 0 saturated heterocycles. The number of furan rings is 1. The highest BCUT2D eigenvalue weighted by molar-refractivity contribution is 6.02. The molecule has 2 N–H and O–H groups in total. The summed E-state index contributed by atoms with van der Waals surface area (Å²) in [5.74, 6) is -0.164. The summed E-state index contributed by atoms with van der Waals surface area (Å²) in [5, 5.41) is 5.44. The second kappa shape index (κ2) is 9.38. The van der Waals surface area contributed by atoms with Gasteiger partial charge in [-0.25, -0.2) is 4.79 Å². The number of halogens is 3. The van der Waals surface area contributed by atoms with Gasteiger partial charge in [0.25, 0.3) is 5.91 Å². The van der Waals surface area contributed by atoms with Crippen LogP contribution in [0, 0.1) is 0 Å². The van der Waals surface area contributed by atoms with Gasteiger partial charge in [-0.1, -0.05) is 24.3 Å². The van der Waals surface area contributed by atoms with E-state index >= 15 is 0 Å². The molecule has 0 radical (unpaired) electrons. The van der Waals surface area contributed by atoms with E-state index in [4.69, 9.17) is 4.42 Å². The highest BCUT2D eigenvalue weighted by atomic mass is 19.4. The predicted octanol–water partition coefficient (Wildman–Crippen LogP) is 4.89. The lowest BCUT2D eigenvalue weighted by Gasteiger charge is -2.18. The third kappa shape index (κ3) is 6.11. The van der Waals surface area contributed by atoms with Gasteiger partial charge in [-0.3, -0.25) is 4.79 Å². The average Bonchev–Trinajstić information content (AvgIpc) is 3.28. The van der Waals surface area contributed by atoms with Crippen LogP contribution in [0.1, 0.15) is 27.2 Å². The topological polar surface area (TPSA) is 74.6 Å². The fourth-order valence-corrected chi connectivity index (χ4v) is 2.76. The van der Waals surface area contributed by atoms with Crippen LogP contribution in [-0.4, -0.2) is 23.9 Å². The van der Waals surface area contributed by atoms with Gasteiger partial charge in [-0.15, -0.1) is 0 Å². The van der Waals surface area contributed by atoms with E-state index in [0.717, 1.165) is 17.7 Å². The number of amides is 3. The molecule has 1 aromatic heterocycles. The van der Waals surface area contributed by atoms with E-state index in [1.807, 2.05) is 0 Å². The minimum absolute atomic E-state index is 0.168. The summed E-state index contributed by atoms with van der Waals surface area (Å²) >= 11 is 0. The zero-order chi connectivity index (χ0) is 22.4. The second-order valence-corrected chi connectivity index (χ2v) is 6.84. The molecular weight excluding hydrogens is 411 g/mol. The van der Waals surface area contributed by atoms with Crippen molar-refractivity contribution in [1.29, 1.82) is 0 Å². The summed E-state index contributed by atoms with van der Waals surface area (Å²) in [6.45, 7) is 0.421. The van der Waals surface area contributed by atoms with E-state index < -0.39 is 11.7 Å². The number of carbonyl (C=O) groups is 2. The van der Waals surface area contributed by atoms with Crippen molar-refractivity contribution in [3.8, 4) is 0 Å². The lowest BCUT2D eigenvalue weighted by molar-refractivity contribution is -0.137. The van der Waals surface area contributed by atoms with Crippen LogP contribution in [0.5, 0.6) is 0 Å². The van der Waals surface area contributed by atoms with Gasteiger partial charge in [-0.05, 0) is 47.5 Å². The van der Waals surface area contributed by atoms with Gasteiger partial charge in [0.05, 0.1) is 11.8 Å². The molecule has 0 aliphatic carbocycles. The van der Waals surface area contributed by atoms with Crippen molar-refractivity contribution in [3.05, 3.63) is 89.4 Å². The summed E-state index contributed by atoms with van der Waals surface area (Å²) < 4.78 is 42.9. The van der Waals surface area contributed by atoms with Crippen LogP contribution in [0.25, 0.3) is 0 Å². The first-order chi connectivity index (χ1) is 14.7. The molecule has 31 heavy (non-hydrogen) atoms. The molecule has 6 nitrogen and oxygen atoms in total. The minimum Gasteiger partial charge on any atom is -0.459 e. The molecular formula is C22H20F3N3O3. The SMILES string of the molecule is CN(Cc1ccc(C(F)(F)F)cc1)C(=O)NCc1ccc(NC(=O)c2ccco2)cc1.